The lowest BCUT2D eigenvalue weighted by Crippen LogP contribution is -2.43. The molecule has 2 aromatic rings. The minimum Gasteiger partial charge on any atom is -0.303 e. The normalized spacial score (nSPS) is 18.2. The van der Waals surface area contributed by atoms with Crippen molar-refractivity contribution in [2.75, 3.05) is 19.6 Å². The van der Waals surface area contributed by atoms with Crippen LogP contribution in [0.3, 0.4) is 0 Å². The molecule has 4 heteroatoms. The molecule has 1 unspecified atom stereocenters. The summed E-state index contributed by atoms with van der Waals surface area (Å²) in [5, 5.41) is 8.15. The molecule has 1 aliphatic heterocycles. The van der Waals surface area contributed by atoms with Crippen molar-refractivity contribution in [2.45, 2.75) is 38.3 Å². The third-order valence-electron chi connectivity index (χ3n) is 4.29. The van der Waals surface area contributed by atoms with Crippen LogP contribution in [0.5, 0.6) is 0 Å². The molecule has 3 heterocycles. The van der Waals surface area contributed by atoms with Gasteiger partial charge in [0.2, 0.25) is 0 Å². The zero-order chi connectivity index (χ0) is 14.5. The van der Waals surface area contributed by atoms with Crippen LogP contribution in [0.1, 0.15) is 42.0 Å². The van der Waals surface area contributed by atoms with E-state index in [2.05, 4.69) is 52.2 Å². The maximum Gasteiger partial charge on any atom is 0.0765 e. The smallest absolute Gasteiger partial charge is 0.0765 e. The predicted molar refractivity (Wildman–Crippen MR) is 93.4 cm³/mol. The molecular weight excluding hydrogens is 296 g/mol. The number of nitrogens with one attached hydrogen (secondary N) is 1. The second-order valence-electron chi connectivity index (χ2n) is 5.82. The molecule has 1 aliphatic rings. The molecule has 0 spiro atoms. The summed E-state index contributed by atoms with van der Waals surface area (Å²) in [4.78, 5) is 5.47. The summed E-state index contributed by atoms with van der Waals surface area (Å²) in [5.41, 5.74) is 0. The lowest BCUT2D eigenvalue weighted by molar-refractivity contribution is 0.169. The Hall–Kier alpha value is -0.680. The van der Waals surface area contributed by atoms with Gasteiger partial charge in [-0.25, -0.2) is 0 Å². The Labute approximate surface area is 135 Å². The third kappa shape index (κ3) is 3.95. The third-order valence-corrected chi connectivity index (χ3v) is 6.16. The molecule has 114 valence electrons. The van der Waals surface area contributed by atoms with Crippen molar-refractivity contribution in [3.05, 3.63) is 44.8 Å². The van der Waals surface area contributed by atoms with Gasteiger partial charge in [0.05, 0.1) is 6.04 Å². The van der Waals surface area contributed by atoms with Crippen LogP contribution in [0, 0.1) is 0 Å². The first-order valence-corrected chi connectivity index (χ1v) is 9.65. The molecule has 0 aliphatic carbocycles. The van der Waals surface area contributed by atoms with Gasteiger partial charge in [-0.05, 0) is 55.7 Å². The topological polar surface area (TPSA) is 15.3 Å². The molecule has 0 aromatic carbocycles. The van der Waals surface area contributed by atoms with E-state index in [0.29, 0.717) is 12.1 Å². The SMILES string of the molecule is CC(CNC(c1cccs1)c1cccs1)N1CCCCC1. The van der Waals surface area contributed by atoms with E-state index in [1.807, 2.05) is 22.7 Å². The highest BCUT2D eigenvalue weighted by atomic mass is 32.1. The van der Waals surface area contributed by atoms with Crippen molar-refractivity contribution in [3.8, 4) is 0 Å². The van der Waals surface area contributed by atoms with E-state index in [4.69, 9.17) is 0 Å². The first-order chi connectivity index (χ1) is 10.3. The summed E-state index contributed by atoms with van der Waals surface area (Å²) < 4.78 is 0. The van der Waals surface area contributed by atoms with Gasteiger partial charge in [-0.2, -0.15) is 0 Å². The van der Waals surface area contributed by atoms with Crippen molar-refractivity contribution in [3.63, 3.8) is 0 Å². The molecule has 0 amide bonds. The highest BCUT2D eigenvalue weighted by Crippen LogP contribution is 2.29. The average molecular weight is 321 g/mol. The van der Waals surface area contributed by atoms with Gasteiger partial charge in [0.15, 0.2) is 0 Å². The Balaban J connectivity index is 1.62. The van der Waals surface area contributed by atoms with Crippen molar-refractivity contribution < 1.29 is 0 Å². The number of hydrogen-bond acceptors (Lipinski definition) is 4. The summed E-state index contributed by atoms with van der Waals surface area (Å²) in [6.07, 6.45) is 4.14. The number of likely N-dealkylation sites (tertiary alicyclic amines) is 1. The van der Waals surface area contributed by atoms with Gasteiger partial charge < -0.3 is 5.32 Å². The Kier molecular flexibility index (Phi) is 5.47. The zero-order valence-electron chi connectivity index (χ0n) is 12.6. The first kappa shape index (κ1) is 15.2. The van der Waals surface area contributed by atoms with Crippen molar-refractivity contribution in [1.29, 1.82) is 0 Å². The Morgan fingerprint density at radius 3 is 2.19 bits per heavy atom. The average Bonchev–Trinajstić information content (AvgIpc) is 3.22. The second-order valence-corrected chi connectivity index (χ2v) is 7.78. The lowest BCUT2D eigenvalue weighted by Gasteiger charge is -2.33. The molecule has 1 fully saturated rings. The van der Waals surface area contributed by atoms with Crippen molar-refractivity contribution in [2.24, 2.45) is 0 Å². The number of nitrogens with zero attached hydrogens (tertiary/aromatic N) is 1. The fraction of sp³-hybridized carbons (Fsp3) is 0.529. The molecule has 2 nitrogen and oxygen atoms in total. The van der Waals surface area contributed by atoms with E-state index in [9.17, 15) is 0 Å². The first-order valence-electron chi connectivity index (χ1n) is 7.89. The summed E-state index contributed by atoms with van der Waals surface area (Å²) >= 11 is 3.69. The quantitative estimate of drug-likeness (QED) is 0.850. The molecule has 1 N–H and O–H groups in total. The van der Waals surface area contributed by atoms with E-state index in [0.717, 1.165) is 6.54 Å². The van der Waals surface area contributed by atoms with E-state index in [-0.39, 0.29) is 0 Å². The van der Waals surface area contributed by atoms with Gasteiger partial charge in [-0.3, -0.25) is 4.90 Å². The standard InChI is InChI=1S/C17H24N2S2/c1-14(19-9-3-2-4-10-19)13-18-17(15-7-5-11-20-15)16-8-6-12-21-16/h5-8,11-12,14,17-18H,2-4,9-10,13H2,1H3. The summed E-state index contributed by atoms with van der Waals surface area (Å²) in [6.45, 7) is 5.95. The molecule has 1 atom stereocenters. The molecule has 3 rings (SSSR count). The Morgan fingerprint density at radius 1 is 1.05 bits per heavy atom. The van der Waals surface area contributed by atoms with Crippen LogP contribution in [0.25, 0.3) is 0 Å². The number of hydrogen-bond donors (Lipinski definition) is 1. The summed E-state index contributed by atoms with van der Waals surface area (Å²) in [7, 11) is 0. The van der Waals surface area contributed by atoms with E-state index < -0.39 is 0 Å². The molecule has 2 aromatic heterocycles. The van der Waals surface area contributed by atoms with E-state index >= 15 is 0 Å². The largest absolute Gasteiger partial charge is 0.303 e. The van der Waals surface area contributed by atoms with Crippen LogP contribution in [-0.4, -0.2) is 30.6 Å². The van der Waals surface area contributed by atoms with Crippen LogP contribution in [0.4, 0.5) is 0 Å². The zero-order valence-corrected chi connectivity index (χ0v) is 14.3. The maximum absolute atomic E-state index is 3.80. The molecule has 21 heavy (non-hydrogen) atoms. The van der Waals surface area contributed by atoms with Gasteiger partial charge in [-0.1, -0.05) is 18.6 Å². The number of rotatable bonds is 6. The Bertz CT molecular complexity index is 467. The highest BCUT2D eigenvalue weighted by Gasteiger charge is 2.20. The molecule has 0 radical (unpaired) electrons. The minimum atomic E-state index is 0.359. The fourth-order valence-corrected chi connectivity index (χ4v) is 4.74. The van der Waals surface area contributed by atoms with Gasteiger partial charge in [0, 0.05) is 22.3 Å². The highest BCUT2D eigenvalue weighted by molar-refractivity contribution is 7.11. The van der Waals surface area contributed by atoms with Crippen LogP contribution < -0.4 is 5.32 Å². The molecular formula is C17H24N2S2. The van der Waals surface area contributed by atoms with Crippen LogP contribution in [0.15, 0.2) is 35.0 Å². The summed E-state index contributed by atoms with van der Waals surface area (Å²) in [5.74, 6) is 0. The van der Waals surface area contributed by atoms with Crippen LogP contribution in [0.2, 0.25) is 0 Å². The van der Waals surface area contributed by atoms with E-state index in [1.165, 1.54) is 42.1 Å². The maximum atomic E-state index is 3.80. The minimum absolute atomic E-state index is 0.359. The molecule has 0 bridgehead atoms. The van der Waals surface area contributed by atoms with Crippen molar-refractivity contribution in [1.82, 2.24) is 10.2 Å². The monoisotopic (exact) mass is 320 g/mol. The van der Waals surface area contributed by atoms with Crippen molar-refractivity contribution >= 4 is 22.7 Å². The Morgan fingerprint density at radius 2 is 1.67 bits per heavy atom. The summed E-state index contributed by atoms with van der Waals surface area (Å²) in [6, 6.07) is 9.76. The van der Waals surface area contributed by atoms with Gasteiger partial charge in [0.1, 0.15) is 0 Å². The second kappa shape index (κ2) is 7.54. The molecule has 0 saturated carbocycles. The van der Waals surface area contributed by atoms with Gasteiger partial charge in [0.25, 0.3) is 0 Å². The fourth-order valence-electron chi connectivity index (χ4n) is 3.03. The molecule has 1 saturated heterocycles. The van der Waals surface area contributed by atoms with Crippen LogP contribution >= 0.6 is 22.7 Å². The lowest BCUT2D eigenvalue weighted by atomic mass is 10.1. The van der Waals surface area contributed by atoms with Crippen LogP contribution in [-0.2, 0) is 0 Å². The van der Waals surface area contributed by atoms with Gasteiger partial charge >= 0.3 is 0 Å². The van der Waals surface area contributed by atoms with Gasteiger partial charge in [-0.15, -0.1) is 22.7 Å². The van der Waals surface area contributed by atoms with E-state index in [1.54, 1.807) is 0 Å². The predicted octanol–water partition coefficient (Wildman–Crippen LogP) is 4.36. The number of piperidine rings is 1. The number of thiophene rings is 2.